The Balaban J connectivity index is 2.09. The molecule has 0 saturated carbocycles. The van der Waals surface area contributed by atoms with Crippen molar-refractivity contribution in [2.45, 2.75) is 27.3 Å². The van der Waals surface area contributed by atoms with Gasteiger partial charge in [-0.05, 0) is 30.5 Å². The zero-order chi connectivity index (χ0) is 15.4. The molecule has 1 aromatic heterocycles. The van der Waals surface area contributed by atoms with Crippen molar-refractivity contribution in [3.05, 3.63) is 45.7 Å². The first kappa shape index (κ1) is 15.7. The third-order valence-electron chi connectivity index (χ3n) is 2.97. The number of carbonyl (C=O) groups is 1. The highest BCUT2D eigenvalue weighted by Gasteiger charge is 2.18. The van der Waals surface area contributed by atoms with Crippen molar-refractivity contribution in [2.75, 3.05) is 6.61 Å². The molecule has 0 unspecified atom stereocenters. The molecule has 0 radical (unpaired) electrons. The summed E-state index contributed by atoms with van der Waals surface area (Å²) in [5.74, 6) is -0.115. The summed E-state index contributed by atoms with van der Waals surface area (Å²) in [6.07, 6.45) is 0. The Hall–Kier alpha value is -1.69. The topological polar surface area (TPSA) is 57.0 Å². The van der Waals surface area contributed by atoms with Gasteiger partial charge in [-0.1, -0.05) is 47.1 Å². The molecule has 0 bridgehead atoms. The van der Waals surface area contributed by atoms with E-state index in [1.165, 1.54) is 0 Å². The first-order valence-electron chi connectivity index (χ1n) is 6.79. The number of ether oxygens (including phenoxy) is 1. The molecule has 0 aliphatic rings. The molecule has 2 rings (SSSR count). The van der Waals surface area contributed by atoms with Crippen LogP contribution in [0.1, 0.15) is 35.6 Å². The van der Waals surface area contributed by atoms with Crippen LogP contribution in [0.15, 0.2) is 28.7 Å². The monoisotopic (exact) mass is 351 g/mol. The van der Waals surface area contributed by atoms with Crippen molar-refractivity contribution in [1.29, 1.82) is 0 Å². The summed E-state index contributed by atoms with van der Waals surface area (Å²) in [5.41, 5.74) is 2.09. The summed E-state index contributed by atoms with van der Waals surface area (Å²) in [4.78, 5) is 11.9. The van der Waals surface area contributed by atoms with E-state index in [-0.39, 0.29) is 5.69 Å². The summed E-state index contributed by atoms with van der Waals surface area (Å²) in [6.45, 7) is 6.77. The fourth-order valence-electron chi connectivity index (χ4n) is 1.77. The number of nitrogens with zero attached hydrogens (tertiary/aromatic N) is 3. The van der Waals surface area contributed by atoms with Gasteiger partial charge in [0.25, 0.3) is 0 Å². The van der Waals surface area contributed by atoms with E-state index < -0.39 is 5.97 Å². The lowest BCUT2D eigenvalue weighted by atomic mass is 10.2. The molecule has 0 atom stereocenters. The fraction of sp³-hybridized carbons (Fsp3) is 0.400. The maximum absolute atomic E-state index is 11.9. The van der Waals surface area contributed by atoms with E-state index in [2.05, 4.69) is 26.2 Å². The van der Waals surface area contributed by atoms with Gasteiger partial charge >= 0.3 is 5.97 Å². The Bertz CT molecular complexity index is 620. The number of rotatable bonds is 5. The number of aromatic nitrogens is 3. The average molecular weight is 352 g/mol. The Morgan fingerprint density at radius 1 is 1.33 bits per heavy atom. The first-order valence-corrected chi connectivity index (χ1v) is 7.58. The largest absolute Gasteiger partial charge is 0.461 e. The minimum absolute atomic E-state index is 0.285. The van der Waals surface area contributed by atoms with Gasteiger partial charge < -0.3 is 4.74 Å². The molecule has 0 amide bonds. The van der Waals surface area contributed by atoms with Crippen molar-refractivity contribution in [2.24, 2.45) is 5.92 Å². The van der Waals surface area contributed by atoms with Gasteiger partial charge in [-0.2, -0.15) is 0 Å². The number of benzene rings is 1. The predicted molar refractivity (Wildman–Crippen MR) is 83.1 cm³/mol. The molecule has 0 fully saturated rings. The molecule has 0 aliphatic carbocycles. The smallest absolute Gasteiger partial charge is 0.360 e. The summed E-state index contributed by atoms with van der Waals surface area (Å²) < 4.78 is 7.92. The average Bonchev–Trinajstić information content (AvgIpc) is 2.80. The molecule has 1 aromatic carbocycles. The molecule has 2 aromatic rings. The minimum Gasteiger partial charge on any atom is -0.461 e. The Labute approximate surface area is 132 Å². The first-order chi connectivity index (χ1) is 9.97. The van der Waals surface area contributed by atoms with Crippen LogP contribution in [0, 0.1) is 12.8 Å². The summed E-state index contributed by atoms with van der Waals surface area (Å²) in [6, 6.07) is 7.95. The van der Waals surface area contributed by atoms with Gasteiger partial charge in [0, 0.05) is 4.47 Å². The molecule has 0 saturated heterocycles. The number of esters is 1. The zero-order valence-corrected chi connectivity index (χ0v) is 13.9. The second-order valence-electron chi connectivity index (χ2n) is 5.30. The van der Waals surface area contributed by atoms with Gasteiger partial charge in [-0.25, -0.2) is 9.48 Å². The second kappa shape index (κ2) is 6.85. The second-order valence-corrected chi connectivity index (χ2v) is 6.22. The van der Waals surface area contributed by atoms with Crippen molar-refractivity contribution < 1.29 is 9.53 Å². The molecule has 0 spiro atoms. The van der Waals surface area contributed by atoms with Gasteiger partial charge in [0.15, 0.2) is 5.69 Å². The normalized spacial score (nSPS) is 10.9. The van der Waals surface area contributed by atoms with Crippen LogP contribution in [0.5, 0.6) is 0 Å². The van der Waals surface area contributed by atoms with E-state index >= 15 is 0 Å². The molecule has 6 heteroatoms. The molecular formula is C15H18BrN3O2. The van der Waals surface area contributed by atoms with Gasteiger partial charge in [-0.3, -0.25) is 0 Å². The van der Waals surface area contributed by atoms with E-state index in [1.807, 2.05) is 45.0 Å². The third-order valence-corrected chi connectivity index (χ3v) is 3.50. The molecule has 0 aliphatic heterocycles. The Kier molecular flexibility index (Phi) is 5.12. The van der Waals surface area contributed by atoms with Gasteiger partial charge in [-0.15, -0.1) is 5.10 Å². The standard InChI is InChI=1S/C15H18BrN3O2/c1-10(2)9-21-15(20)14-11(3)19(18-17-14)8-12-4-6-13(16)7-5-12/h4-7,10H,8-9H2,1-3H3. The predicted octanol–water partition coefficient (Wildman–Crippen LogP) is 3.21. The van der Waals surface area contributed by atoms with Crippen LogP contribution in [-0.4, -0.2) is 27.6 Å². The van der Waals surface area contributed by atoms with Gasteiger partial charge in [0.2, 0.25) is 0 Å². The van der Waals surface area contributed by atoms with E-state index in [9.17, 15) is 4.79 Å². The summed E-state index contributed by atoms with van der Waals surface area (Å²) in [7, 11) is 0. The molecule has 21 heavy (non-hydrogen) atoms. The number of hydrogen-bond acceptors (Lipinski definition) is 4. The quantitative estimate of drug-likeness (QED) is 0.776. The molecule has 1 heterocycles. The van der Waals surface area contributed by atoms with Crippen LogP contribution in [0.4, 0.5) is 0 Å². The molecular weight excluding hydrogens is 334 g/mol. The van der Waals surface area contributed by atoms with E-state index in [0.717, 1.165) is 10.0 Å². The maximum atomic E-state index is 11.9. The minimum atomic E-state index is -0.414. The van der Waals surface area contributed by atoms with Crippen molar-refractivity contribution in [3.8, 4) is 0 Å². The summed E-state index contributed by atoms with van der Waals surface area (Å²) >= 11 is 3.40. The Morgan fingerprint density at radius 3 is 2.62 bits per heavy atom. The maximum Gasteiger partial charge on any atom is 0.360 e. The lowest BCUT2D eigenvalue weighted by Crippen LogP contribution is -2.12. The number of carbonyl (C=O) groups excluding carboxylic acids is 1. The van der Waals surface area contributed by atoms with E-state index in [0.29, 0.717) is 24.8 Å². The van der Waals surface area contributed by atoms with Crippen LogP contribution in [0.2, 0.25) is 0 Å². The fourth-order valence-corrected chi connectivity index (χ4v) is 2.04. The van der Waals surface area contributed by atoms with Crippen LogP contribution < -0.4 is 0 Å². The third kappa shape index (κ3) is 4.14. The molecule has 5 nitrogen and oxygen atoms in total. The number of halogens is 1. The number of hydrogen-bond donors (Lipinski definition) is 0. The highest BCUT2D eigenvalue weighted by Crippen LogP contribution is 2.13. The van der Waals surface area contributed by atoms with Crippen LogP contribution in [0.3, 0.4) is 0 Å². The van der Waals surface area contributed by atoms with E-state index in [4.69, 9.17) is 4.74 Å². The van der Waals surface area contributed by atoms with Gasteiger partial charge in [0.1, 0.15) is 0 Å². The van der Waals surface area contributed by atoms with Crippen molar-refractivity contribution >= 4 is 21.9 Å². The highest BCUT2D eigenvalue weighted by atomic mass is 79.9. The van der Waals surface area contributed by atoms with Crippen molar-refractivity contribution in [3.63, 3.8) is 0 Å². The lowest BCUT2D eigenvalue weighted by Gasteiger charge is -2.06. The molecule has 112 valence electrons. The SMILES string of the molecule is Cc1c(C(=O)OCC(C)C)nnn1Cc1ccc(Br)cc1. The Morgan fingerprint density at radius 2 is 2.00 bits per heavy atom. The zero-order valence-electron chi connectivity index (χ0n) is 12.3. The molecule has 0 N–H and O–H groups in total. The highest BCUT2D eigenvalue weighted by molar-refractivity contribution is 9.10. The van der Waals surface area contributed by atoms with Crippen molar-refractivity contribution in [1.82, 2.24) is 15.0 Å². The van der Waals surface area contributed by atoms with Crippen LogP contribution >= 0.6 is 15.9 Å². The van der Waals surface area contributed by atoms with Crippen LogP contribution in [-0.2, 0) is 11.3 Å². The summed E-state index contributed by atoms with van der Waals surface area (Å²) in [5, 5.41) is 7.97. The van der Waals surface area contributed by atoms with E-state index in [1.54, 1.807) is 4.68 Å². The lowest BCUT2D eigenvalue weighted by molar-refractivity contribution is 0.0451. The van der Waals surface area contributed by atoms with Crippen LogP contribution in [0.25, 0.3) is 0 Å². The van der Waals surface area contributed by atoms with Gasteiger partial charge in [0.05, 0.1) is 18.8 Å².